The average molecular weight is 473 g/mol. The van der Waals surface area contributed by atoms with Crippen LogP contribution in [0.1, 0.15) is 22.6 Å². The smallest absolute Gasteiger partial charge is 0.213 e. The molecule has 35 heavy (non-hydrogen) atoms. The second kappa shape index (κ2) is 11.3. The number of carbonyl (C=O) groups is 1. The van der Waals surface area contributed by atoms with E-state index in [1.54, 1.807) is 20.3 Å². The molecule has 2 heterocycles. The first kappa shape index (κ1) is 24.0. The number of hydrogen-bond donors (Lipinski definition) is 0. The lowest BCUT2D eigenvalue weighted by molar-refractivity contribution is -0.118. The van der Waals surface area contributed by atoms with Gasteiger partial charge in [-0.2, -0.15) is 0 Å². The first-order chi connectivity index (χ1) is 17.0. The van der Waals surface area contributed by atoms with Crippen LogP contribution < -0.4 is 14.2 Å². The highest BCUT2D eigenvalue weighted by Gasteiger charge is 2.11. The third-order valence-electron chi connectivity index (χ3n) is 5.48. The summed E-state index contributed by atoms with van der Waals surface area (Å²) in [5, 5.41) is 3.83. The van der Waals surface area contributed by atoms with Crippen molar-refractivity contribution in [1.82, 2.24) is 10.1 Å². The Kier molecular flexibility index (Phi) is 7.77. The third kappa shape index (κ3) is 6.47. The molecule has 0 bridgehead atoms. The Bertz CT molecular complexity index is 1300. The predicted molar refractivity (Wildman–Crippen MR) is 132 cm³/mol. The number of hydrogen-bond acceptors (Lipinski definition) is 7. The number of ketones is 1. The number of aryl methyl sites for hydroxylation is 1. The van der Waals surface area contributed by atoms with Gasteiger partial charge in [0.15, 0.2) is 11.5 Å². The fraction of sp³-hybridized carbons (Fsp3) is 0.250. The molecule has 0 atom stereocenters. The Morgan fingerprint density at radius 2 is 1.71 bits per heavy atom. The molecular formula is C28H28N2O5. The van der Waals surface area contributed by atoms with Crippen LogP contribution in [-0.2, 0) is 24.1 Å². The molecule has 0 spiro atoms. The van der Waals surface area contributed by atoms with Gasteiger partial charge in [-0.25, -0.2) is 4.98 Å². The van der Waals surface area contributed by atoms with Gasteiger partial charge >= 0.3 is 0 Å². The first-order valence-electron chi connectivity index (χ1n) is 11.4. The van der Waals surface area contributed by atoms with E-state index >= 15 is 0 Å². The van der Waals surface area contributed by atoms with Gasteiger partial charge in [-0.05, 0) is 42.3 Å². The molecule has 0 amide bonds. The van der Waals surface area contributed by atoms with Crippen LogP contribution in [0.15, 0.2) is 71.3 Å². The minimum absolute atomic E-state index is 0.0681. The van der Waals surface area contributed by atoms with E-state index in [0.29, 0.717) is 42.6 Å². The molecular weight excluding hydrogens is 444 g/mol. The molecule has 0 aliphatic carbocycles. The van der Waals surface area contributed by atoms with Crippen molar-refractivity contribution in [2.45, 2.75) is 26.2 Å². The second-order valence-corrected chi connectivity index (χ2v) is 8.18. The van der Waals surface area contributed by atoms with Crippen molar-refractivity contribution < 1.29 is 23.5 Å². The van der Waals surface area contributed by atoms with Crippen LogP contribution in [-0.4, -0.2) is 36.8 Å². The maximum Gasteiger partial charge on any atom is 0.213 e. The summed E-state index contributed by atoms with van der Waals surface area (Å²) in [7, 11) is 3.24. The summed E-state index contributed by atoms with van der Waals surface area (Å²) in [5.74, 6) is 2.59. The lowest BCUT2D eigenvalue weighted by Gasteiger charge is -2.11. The highest BCUT2D eigenvalue weighted by molar-refractivity contribution is 5.83. The Labute approximate surface area is 204 Å². The molecule has 180 valence electrons. The van der Waals surface area contributed by atoms with E-state index in [-0.39, 0.29) is 12.2 Å². The fourth-order valence-electron chi connectivity index (χ4n) is 3.79. The molecule has 7 heteroatoms. The van der Waals surface area contributed by atoms with Crippen molar-refractivity contribution in [1.29, 1.82) is 0 Å². The van der Waals surface area contributed by atoms with E-state index in [9.17, 15) is 4.79 Å². The number of nitrogens with zero attached hydrogens (tertiary/aromatic N) is 2. The number of ether oxygens (including phenoxy) is 3. The Balaban J connectivity index is 1.37. The van der Waals surface area contributed by atoms with Crippen LogP contribution in [0.5, 0.6) is 17.4 Å². The molecule has 0 aliphatic heterocycles. The second-order valence-electron chi connectivity index (χ2n) is 8.18. The molecule has 2 aromatic heterocycles. The van der Waals surface area contributed by atoms with Gasteiger partial charge in [-0.15, -0.1) is 0 Å². The summed E-state index contributed by atoms with van der Waals surface area (Å²) in [4.78, 5) is 17.1. The molecule has 0 aliphatic rings. The summed E-state index contributed by atoms with van der Waals surface area (Å²) >= 11 is 0. The Morgan fingerprint density at radius 1 is 0.886 bits per heavy atom. The number of pyridine rings is 1. The van der Waals surface area contributed by atoms with Gasteiger partial charge < -0.3 is 18.7 Å². The van der Waals surface area contributed by atoms with E-state index in [4.69, 9.17) is 18.7 Å². The summed E-state index contributed by atoms with van der Waals surface area (Å²) in [6, 6.07) is 21.1. The molecule has 0 fully saturated rings. The molecule has 0 saturated heterocycles. The Morgan fingerprint density at radius 3 is 2.49 bits per heavy atom. The van der Waals surface area contributed by atoms with Gasteiger partial charge in [0.1, 0.15) is 11.5 Å². The largest absolute Gasteiger partial charge is 0.493 e. The summed E-state index contributed by atoms with van der Waals surface area (Å²) in [6.45, 7) is 2.31. The van der Waals surface area contributed by atoms with Crippen molar-refractivity contribution in [3.05, 3.63) is 89.3 Å². The molecule has 0 radical (unpaired) electrons. The number of aromatic nitrogens is 2. The van der Waals surface area contributed by atoms with Crippen LogP contribution in [0, 0.1) is 6.92 Å². The van der Waals surface area contributed by atoms with Crippen molar-refractivity contribution in [3.8, 4) is 28.6 Å². The number of rotatable bonds is 11. The third-order valence-corrected chi connectivity index (χ3v) is 5.48. The monoisotopic (exact) mass is 472 g/mol. The zero-order chi connectivity index (χ0) is 24.6. The number of benzene rings is 2. The zero-order valence-corrected chi connectivity index (χ0v) is 20.1. The van der Waals surface area contributed by atoms with Gasteiger partial charge in [0, 0.05) is 30.5 Å². The molecule has 4 aromatic rings. The van der Waals surface area contributed by atoms with Crippen LogP contribution in [0.3, 0.4) is 0 Å². The first-order valence-corrected chi connectivity index (χ1v) is 11.4. The van der Waals surface area contributed by atoms with Gasteiger partial charge in [-0.3, -0.25) is 4.79 Å². The maximum atomic E-state index is 12.5. The lowest BCUT2D eigenvalue weighted by Crippen LogP contribution is -2.06. The van der Waals surface area contributed by atoms with Gasteiger partial charge in [0.05, 0.1) is 38.6 Å². The SMILES string of the molecule is COc1ccc(CCOc2cccc(-c3cccc(CC(=O)Cc4cc(C)no4)c3)n2)cc1OC. The number of Topliss-reactive ketones (excluding diaryl/α,β-unsaturated/α-hetero) is 1. The average Bonchev–Trinajstić information content (AvgIpc) is 3.28. The van der Waals surface area contributed by atoms with E-state index in [1.807, 2.05) is 67.6 Å². The summed E-state index contributed by atoms with van der Waals surface area (Å²) in [5.41, 5.74) is 4.48. The van der Waals surface area contributed by atoms with E-state index in [2.05, 4.69) is 10.1 Å². The van der Waals surface area contributed by atoms with Crippen LogP contribution in [0.25, 0.3) is 11.3 Å². The summed E-state index contributed by atoms with van der Waals surface area (Å²) < 4.78 is 21.7. The van der Waals surface area contributed by atoms with Crippen LogP contribution in [0.2, 0.25) is 0 Å². The van der Waals surface area contributed by atoms with Crippen LogP contribution >= 0.6 is 0 Å². The van der Waals surface area contributed by atoms with E-state index in [0.717, 1.165) is 28.1 Å². The lowest BCUT2D eigenvalue weighted by atomic mass is 10.0. The van der Waals surface area contributed by atoms with Gasteiger partial charge in [0.2, 0.25) is 5.88 Å². The standard InChI is InChI=1S/C28H28N2O5/c1-19-14-24(35-30-19)18-23(31)16-21-6-4-7-22(15-21)25-8-5-9-28(29-25)34-13-12-20-10-11-26(32-2)27(17-20)33-3/h4-11,14-15,17H,12-13,16,18H2,1-3H3. The fourth-order valence-corrected chi connectivity index (χ4v) is 3.79. The number of carbonyl (C=O) groups excluding carboxylic acids is 1. The molecule has 2 aromatic carbocycles. The number of methoxy groups -OCH3 is 2. The van der Waals surface area contributed by atoms with Gasteiger partial charge in [0.25, 0.3) is 0 Å². The molecule has 7 nitrogen and oxygen atoms in total. The van der Waals surface area contributed by atoms with Crippen molar-refractivity contribution >= 4 is 5.78 Å². The van der Waals surface area contributed by atoms with E-state index in [1.165, 1.54) is 0 Å². The van der Waals surface area contributed by atoms with Crippen LogP contribution in [0.4, 0.5) is 0 Å². The van der Waals surface area contributed by atoms with Crippen molar-refractivity contribution in [2.75, 3.05) is 20.8 Å². The predicted octanol–water partition coefficient (Wildman–Crippen LogP) is 5.04. The van der Waals surface area contributed by atoms with E-state index < -0.39 is 0 Å². The molecule has 0 N–H and O–H groups in total. The molecule has 4 rings (SSSR count). The highest BCUT2D eigenvalue weighted by Crippen LogP contribution is 2.28. The Hall–Kier alpha value is -4.13. The zero-order valence-electron chi connectivity index (χ0n) is 20.1. The van der Waals surface area contributed by atoms with Crippen molar-refractivity contribution in [2.24, 2.45) is 0 Å². The quantitative estimate of drug-likeness (QED) is 0.302. The molecule has 0 saturated carbocycles. The van der Waals surface area contributed by atoms with Gasteiger partial charge in [-0.1, -0.05) is 35.5 Å². The normalized spacial score (nSPS) is 10.7. The summed E-state index contributed by atoms with van der Waals surface area (Å²) in [6.07, 6.45) is 1.25. The maximum absolute atomic E-state index is 12.5. The minimum atomic E-state index is 0.0681. The van der Waals surface area contributed by atoms with Crippen molar-refractivity contribution in [3.63, 3.8) is 0 Å². The highest BCUT2D eigenvalue weighted by atomic mass is 16.5. The minimum Gasteiger partial charge on any atom is -0.493 e. The molecule has 0 unspecified atom stereocenters. The topological polar surface area (TPSA) is 83.7 Å².